The Labute approximate surface area is 112 Å². The van der Waals surface area contributed by atoms with E-state index in [0.717, 1.165) is 12.2 Å². The van der Waals surface area contributed by atoms with E-state index in [2.05, 4.69) is 42.9 Å². The molecule has 0 saturated heterocycles. The summed E-state index contributed by atoms with van der Waals surface area (Å²) in [6.45, 7) is 9.10. The average molecular weight is 272 g/mol. The molecule has 0 radical (unpaired) electrons. The van der Waals surface area contributed by atoms with Crippen LogP contribution in [0.2, 0.25) is 0 Å². The first-order valence-corrected chi connectivity index (χ1v) is 7.85. The molecule has 0 aliphatic carbocycles. The highest BCUT2D eigenvalue weighted by molar-refractivity contribution is 7.84. The second kappa shape index (κ2) is 5.93. The lowest BCUT2D eigenvalue weighted by atomic mass is 10.1. The van der Waals surface area contributed by atoms with E-state index in [9.17, 15) is 4.21 Å². The smallest absolute Gasteiger partial charge is 0.0967 e. The van der Waals surface area contributed by atoms with Crippen molar-refractivity contribution in [2.24, 2.45) is 0 Å². The first-order chi connectivity index (χ1) is 8.20. The van der Waals surface area contributed by atoms with Crippen LogP contribution in [0.25, 0.3) is 0 Å². The van der Waals surface area contributed by atoms with Crippen molar-refractivity contribution in [2.75, 3.05) is 19.1 Å². The normalized spacial score (nSPS) is 15.9. The van der Waals surface area contributed by atoms with Crippen molar-refractivity contribution in [3.05, 3.63) is 11.9 Å². The largest absolute Gasteiger partial charge is 0.297 e. The Morgan fingerprint density at radius 3 is 2.56 bits per heavy atom. The minimum Gasteiger partial charge on any atom is -0.297 e. The van der Waals surface area contributed by atoms with Gasteiger partial charge in [0.15, 0.2) is 0 Å². The molecular weight excluding hydrogens is 248 g/mol. The van der Waals surface area contributed by atoms with E-state index in [1.807, 2.05) is 17.9 Å². The Balaban J connectivity index is 2.62. The summed E-state index contributed by atoms with van der Waals surface area (Å²) in [5.74, 6) is 0.684. The van der Waals surface area contributed by atoms with Gasteiger partial charge in [0.1, 0.15) is 0 Å². The monoisotopic (exact) mass is 272 g/mol. The van der Waals surface area contributed by atoms with Gasteiger partial charge >= 0.3 is 0 Å². The molecular formula is C12H24N4OS. The Kier molecular flexibility index (Phi) is 5.04. The molecule has 0 aromatic carbocycles. The Morgan fingerprint density at radius 1 is 1.50 bits per heavy atom. The number of rotatable bonds is 5. The fourth-order valence-electron chi connectivity index (χ4n) is 1.58. The van der Waals surface area contributed by atoms with Gasteiger partial charge < -0.3 is 0 Å². The van der Waals surface area contributed by atoms with E-state index in [0.29, 0.717) is 5.75 Å². The summed E-state index contributed by atoms with van der Waals surface area (Å²) >= 11 is 0. The van der Waals surface area contributed by atoms with E-state index in [1.54, 1.807) is 6.26 Å². The summed E-state index contributed by atoms with van der Waals surface area (Å²) in [4.78, 5) is 2.15. The second-order valence-corrected chi connectivity index (χ2v) is 7.31. The van der Waals surface area contributed by atoms with E-state index >= 15 is 0 Å². The molecule has 1 heterocycles. The predicted octanol–water partition coefficient (Wildman–Crippen LogP) is 1.23. The molecule has 1 aromatic rings. The third-order valence-electron chi connectivity index (χ3n) is 2.87. The van der Waals surface area contributed by atoms with Gasteiger partial charge in [-0.25, -0.2) is 4.68 Å². The lowest BCUT2D eigenvalue weighted by Gasteiger charge is -2.22. The van der Waals surface area contributed by atoms with Crippen LogP contribution in [0.15, 0.2) is 6.20 Å². The molecule has 5 nitrogen and oxygen atoms in total. The summed E-state index contributed by atoms with van der Waals surface area (Å²) in [5.41, 5.74) is 0.904. The van der Waals surface area contributed by atoms with Crippen LogP contribution in [0.4, 0.5) is 0 Å². The number of hydrogen-bond acceptors (Lipinski definition) is 4. The minimum absolute atomic E-state index is 0.0413. The van der Waals surface area contributed by atoms with Gasteiger partial charge in [0.25, 0.3) is 0 Å². The summed E-state index contributed by atoms with van der Waals surface area (Å²) in [6.07, 6.45) is 3.71. The summed E-state index contributed by atoms with van der Waals surface area (Å²) in [6, 6.07) is 0.274. The van der Waals surface area contributed by atoms with Crippen molar-refractivity contribution in [3.8, 4) is 0 Å². The van der Waals surface area contributed by atoms with Crippen LogP contribution in [0, 0.1) is 0 Å². The van der Waals surface area contributed by atoms with Crippen LogP contribution in [-0.2, 0) is 22.9 Å². The molecule has 18 heavy (non-hydrogen) atoms. The van der Waals surface area contributed by atoms with Crippen molar-refractivity contribution in [2.45, 2.75) is 45.8 Å². The van der Waals surface area contributed by atoms with Gasteiger partial charge in [-0.15, -0.1) is 5.10 Å². The highest BCUT2D eigenvalue weighted by atomic mass is 32.2. The average Bonchev–Trinajstić information content (AvgIpc) is 2.64. The number of nitrogens with zero attached hydrogens (tertiary/aromatic N) is 4. The Hall–Kier alpha value is -0.750. The zero-order valence-corrected chi connectivity index (χ0v) is 13.0. The second-order valence-electron chi connectivity index (χ2n) is 5.83. The molecule has 0 fully saturated rings. The van der Waals surface area contributed by atoms with E-state index in [-0.39, 0.29) is 11.6 Å². The number of aromatic nitrogens is 3. The zero-order valence-electron chi connectivity index (χ0n) is 12.2. The maximum Gasteiger partial charge on any atom is 0.0967 e. The Bertz CT molecular complexity index is 410. The van der Waals surface area contributed by atoms with E-state index < -0.39 is 10.8 Å². The molecule has 0 N–H and O–H groups in total. The fraction of sp³-hybridized carbons (Fsp3) is 0.833. The maximum atomic E-state index is 11.2. The van der Waals surface area contributed by atoms with Crippen molar-refractivity contribution < 1.29 is 4.21 Å². The lowest BCUT2D eigenvalue weighted by molar-refractivity contribution is 0.265. The summed E-state index contributed by atoms with van der Waals surface area (Å²) in [7, 11) is 1.26. The molecule has 0 spiro atoms. The van der Waals surface area contributed by atoms with Gasteiger partial charge in [0.2, 0.25) is 0 Å². The fourth-order valence-corrected chi connectivity index (χ4v) is 2.51. The molecule has 2 unspecified atom stereocenters. The zero-order chi connectivity index (χ0) is 13.9. The number of hydrogen-bond donors (Lipinski definition) is 0. The molecule has 104 valence electrons. The van der Waals surface area contributed by atoms with Crippen LogP contribution in [0.1, 0.15) is 33.4 Å². The van der Waals surface area contributed by atoms with Crippen molar-refractivity contribution in [3.63, 3.8) is 0 Å². The molecule has 0 amide bonds. The third-order valence-corrected chi connectivity index (χ3v) is 3.82. The van der Waals surface area contributed by atoms with E-state index in [1.165, 1.54) is 0 Å². The predicted molar refractivity (Wildman–Crippen MR) is 74.9 cm³/mol. The van der Waals surface area contributed by atoms with Gasteiger partial charge in [-0.3, -0.25) is 9.11 Å². The molecule has 0 saturated carbocycles. The highest BCUT2D eigenvalue weighted by Crippen LogP contribution is 2.13. The highest BCUT2D eigenvalue weighted by Gasteiger charge is 2.17. The molecule has 2 atom stereocenters. The van der Waals surface area contributed by atoms with Crippen LogP contribution < -0.4 is 0 Å². The van der Waals surface area contributed by atoms with Gasteiger partial charge in [-0.1, -0.05) is 5.21 Å². The van der Waals surface area contributed by atoms with Gasteiger partial charge in [-0.05, 0) is 34.7 Å². The first-order valence-electron chi connectivity index (χ1n) is 6.12. The van der Waals surface area contributed by atoms with Crippen LogP contribution >= 0.6 is 0 Å². The first kappa shape index (κ1) is 15.3. The molecule has 6 heteroatoms. The topological polar surface area (TPSA) is 51.0 Å². The van der Waals surface area contributed by atoms with Crippen molar-refractivity contribution in [1.82, 2.24) is 19.9 Å². The molecule has 0 aliphatic heterocycles. The van der Waals surface area contributed by atoms with Gasteiger partial charge in [0, 0.05) is 35.4 Å². The molecule has 1 rings (SSSR count). The van der Waals surface area contributed by atoms with Crippen molar-refractivity contribution >= 4 is 10.8 Å². The van der Waals surface area contributed by atoms with Crippen LogP contribution in [-0.4, -0.2) is 49.2 Å². The third kappa shape index (κ3) is 4.49. The van der Waals surface area contributed by atoms with Crippen molar-refractivity contribution in [1.29, 1.82) is 0 Å². The quantitative estimate of drug-likeness (QED) is 0.809. The molecule has 0 aliphatic rings. The summed E-state index contributed by atoms with van der Waals surface area (Å²) < 4.78 is 13.1. The minimum atomic E-state index is -0.766. The van der Waals surface area contributed by atoms with Crippen LogP contribution in [0.5, 0.6) is 0 Å². The summed E-state index contributed by atoms with van der Waals surface area (Å²) in [5, 5.41) is 8.32. The standard InChI is InChI=1S/C12H24N4OS/c1-10(9-18(6)17)15(5)7-11-8-16(14-13-11)12(2,3)4/h8,10H,7,9H2,1-6H3. The lowest BCUT2D eigenvalue weighted by Crippen LogP contribution is -2.33. The SMILES string of the molecule is CC(CS(C)=O)N(C)Cc1cn(C(C)(C)C)nn1. The van der Waals surface area contributed by atoms with Gasteiger partial charge in [-0.2, -0.15) is 0 Å². The maximum absolute atomic E-state index is 11.2. The molecule has 0 bridgehead atoms. The molecule has 1 aromatic heterocycles. The van der Waals surface area contributed by atoms with E-state index in [4.69, 9.17) is 0 Å². The van der Waals surface area contributed by atoms with Crippen LogP contribution in [0.3, 0.4) is 0 Å². The van der Waals surface area contributed by atoms with Gasteiger partial charge in [0.05, 0.1) is 17.4 Å². The Morgan fingerprint density at radius 2 is 2.11 bits per heavy atom.